The van der Waals surface area contributed by atoms with Crippen molar-refractivity contribution < 1.29 is 23.8 Å². The molecule has 0 unspecified atom stereocenters. The molecule has 1 aliphatic heterocycles. The first-order valence-electron chi connectivity index (χ1n) is 12.2. The second kappa shape index (κ2) is 12.9. The summed E-state index contributed by atoms with van der Waals surface area (Å²) in [6, 6.07) is 11.4. The van der Waals surface area contributed by atoms with Gasteiger partial charge in [-0.1, -0.05) is 31.9 Å². The predicted molar refractivity (Wildman–Crippen MR) is 136 cm³/mol. The number of unbranched alkanes of at least 4 members (excludes halogenated alkanes) is 2. The van der Waals surface area contributed by atoms with E-state index in [1.165, 1.54) is 6.92 Å². The summed E-state index contributed by atoms with van der Waals surface area (Å²) in [6.45, 7) is 6.45. The molecule has 2 aromatic carbocycles. The highest BCUT2D eigenvalue weighted by Gasteiger charge is 2.28. The van der Waals surface area contributed by atoms with Crippen LogP contribution in [0, 0.1) is 0 Å². The van der Waals surface area contributed by atoms with Crippen molar-refractivity contribution in [3.63, 3.8) is 0 Å². The molecule has 0 atom stereocenters. The number of methoxy groups -OCH3 is 2. The fourth-order valence-electron chi connectivity index (χ4n) is 4.11. The van der Waals surface area contributed by atoms with E-state index in [-0.39, 0.29) is 11.9 Å². The van der Waals surface area contributed by atoms with Gasteiger partial charge in [-0.05, 0) is 36.6 Å². The van der Waals surface area contributed by atoms with Crippen LogP contribution in [0.3, 0.4) is 0 Å². The van der Waals surface area contributed by atoms with Crippen LogP contribution >= 0.6 is 0 Å². The molecule has 8 heteroatoms. The second-order valence-electron chi connectivity index (χ2n) is 8.66. The van der Waals surface area contributed by atoms with Crippen molar-refractivity contribution in [3.8, 4) is 17.2 Å². The van der Waals surface area contributed by atoms with E-state index in [2.05, 4.69) is 12.2 Å². The van der Waals surface area contributed by atoms with E-state index in [0.717, 1.165) is 42.5 Å². The first-order chi connectivity index (χ1) is 17.0. The number of hydrogen-bond acceptors (Lipinski definition) is 5. The lowest BCUT2D eigenvalue weighted by atomic mass is 10.1. The van der Waals surface area contributed by atoms with Gasteiger partial charge in [-0.2, -0.15) is 0 Å². The number of amides is 3. The summed E-state index contributed by atoms with van der Waals surface area (Å²) in [6.07, 6.45) is 4.07. The number of benzene rings is 2. The van der Waals surface area contributed by atoms with E-state index in [1.54, 1.807) is 19.1 Å². The van der Waals surface area contributed by atoms with E-state index < -0.39 is 0 Å². The lowest BCUT2D eigenvalue weighted by Gasteiger charge is -2.36. The molecule has 1 heterocycles. The van der Waals surface area contributed by atoms with Crippen LogP contribution in [-0.4, -0.2) is 50.8 Å². The molecule has 3 amide bonds. The van der Waals surface area contributed by atoms with Gasteiger partial charge in [-0.15, -0.1) is 0 Å². The number of anilines is 1. The van der Waals surface area contributed by atoms with Crippen molar-refractivity contribution in [2.75, 3.05) is 38.8 Å². The van der Waals surface area contributed by atoms with Crippen molar-refractivity contribution in [3.05, 3.63) is 47.5 Å². The molecular weight excluding hydrogens is 446 g/mol. The van der Waals surface area contributed by atoms with Crippen LogP contribution in [0.15, 0.2) is 36.4 Å². The molecule has 1 fully saturated rings. The van der Waals surface area contributed by atoms with Crippen molar-refractivity contribution >= 4 is 17.6 Å². The van der Waals surface area contributed by atoms with Crippen LogP contribution in [0.4, 0.5) is 10.5 Å². The first kappa shape index (κ1) is 26.2. The van der Waals surface area contributed by atoms with Crippen LogP contribution in [0.2, 0.25) is 0 Å². The fraction of sp³-hybridized carbons (Fsp3) is 0.481. The maximum Gasteiger partial charge on any atom is 0.324 e. The minimum atomic E-state index is -0.0832. The molecule has 0 spiro atoms. The summed E-state index contributed by atoms with van der Waals surface area (Å²) in [5.41, 5.74) is 2.66. The van der Waals surface area contributed by atoms with Crippen molar-refractivity contribution in [2.24, 2.45) is 0 Å². The number of ether oxygens (including phenoxy) is 3. The van der Waals surface area contributed by atoms with Crippen LogP contribution in [0.1, 0.15) is 50.7 Å². The Morgan fingerprint density at radius 1 is 1.00 bits per heavy atom. The molecule has 2 aromatic rings. The zero-order valence-corrected chi connectivity index (χ0v) is 21.3. The average molecular weight is 484 g/mol. The van der Waals surface area contributed by atoms with E-state index in [0.29, 0.717) is 50.0 Å². The first-order valence-corrected chi connectivity index (χ1v) is 12.2. The van der Waals surface area contributed by atoms with Gasteiger partial charge in [0.1, 0.15) is 5.75 Å². The summed E-state index contributed by atoms with van der Waals surface area (Å²) in [4.78, 5) is 28.3. The lowest BCUT2D eigenvalue weighted by molar-refractivity contribution is -0.119. The van der Waals surface area contributed by atoms with Crippen LogP contribution in [0.5, 0.6) is 17.2 Å². The largest absolute Gasteiger partial charge is 0.496 e. The van der Waals surface area contributed by atoms with E-state index in [1.807, 2.05) is 41.3 Å². The van der Waals surface area contributed by atoms with Crippen molar-refractivity contribution in [1.82, 2.24) is 10.2 Å². The molecule has 1 aliphatic rings. The standard InChI is InChI=1S/C27H37N3O5/c1-5-6-7-15-35-26-17-23(11-12-24(26)33-3)30-14-8-13-29(27(30)32)19-22-10-9-21(16-25(22)34-4)18-28-20(2)31/h9-12,16-17H,5-8,13-15,18-19H2,1-4H3,(H,28,31). The molecule has 3 rings (SSSR count). The third-order valence-electron chi connectivity index (χ3n) is 6.03. The smallest absolute Gasteiger partial charge is 0.324 e. The molecule has 35 heavy (non-hydrogen) atoms. The lowest BCUT2D eigenvalue weighted by Crippen LogP contribution is -2.49. The summed E-state index contributed by atoms with van der Waals surface area (Å²) in [5, 5.41) is 2.79. The Labute approximate surface area is 208 Å². The average Bonchev–Trinajstić information content (AvgIpc) is 2.87. The van der Waals surface area contributed by atoms with Gasteiger partial charge >= 0.3 is 6.03 Å². The molecule has 8 nitrogen and oxygen atoms in total. The van der Waals surface area contributed by atoms with Gasteiger partial charge in [0.2, 0.25) is 5.91 Å². The molecule has 0 bridgehead atoms. The third kappa shape index (κ3) is 7.04. The molecule has 0 aromatic heterocycles. The van der Waals surface area contributed by atoms with Crippen molar-refractivity contribution in [1.29, 1.82) is 0 Å². The molecule has 0 radical (unpaired) electrons. The highest BCUT2D eigenvalue weighted by Crippen LogP contribution is 2.34. The minimum absolute atomic E-state index is 0.0530. The number of nitrogens with one attached hydrogen (secondary N) is 1. The van der Waals surface area contributed by atoms with E-state index >= 15 is 0 Å². The van der Waals surface area contributed by atoms with Crippen LogP contribution in [0.25, 0.3) is 0 Å². The zero-order chi connectivity index (χ0) is 25.2. The monoisotopic (exact) mass is 483 g/mol. The Hall–Kier alpha value is -3.42. The molecule has 1 saturated heterocycles. The summed E-state index contributed by atoms with van der Waals surface area (Å²) in [7, 11) is 3.24. The maximum atomic E-state index is 13.4. The van der Waals surface area contributed by atoms with E-state index in [9.17, 15) is 9.59 Å². The summed E-state index contributed by atoms with van der Waals surface area (Å²) < 4.78 is 17.0. The Balaban J connectivity index is 1.73. The van der Waals surface area contributed by atoms with Gasteiger partial charge in [-0.3, -0.25) is 9.69 Å². The van der Waals surface area contributed by atoms with Gasteiger partial charge < -0.3 is 24.4 Å². The topological polar surface area (TPSA) is 80.3 Å². The van der Waals surface area contributed by atoms with Gasteiger partial charge in [0, 0.05) is 43.9 Å². The van der Waals surface area contributed by atoms with Crippen LogP contribution < -0.4 is 24.4 Å². The number of urea groups is 1. The Bertz CT molecular complexity index is 1010. The molecular formula is C27H37N3O5. The molecule has 0 saturated carbocycles. The van der Waals surface area contributed by atoms with Crippen molar-refractivity contribution in [2.45, 2.75) is 52.6 Å². The van der Waals surface area contributed by atoms with Gasteiger partial charge in [-0.25, -0.2) is 4.79 Å². The molecule has 0 aliphatic carbocycles. The number of hydrogen-bond donors (Lipinski definition) is 1. The fourth-order valence-corrected chi connectivity index (χ4v) is 4.11. The summed E-state index contributed by atoms with van der Waals surface area (Å²) in [5.74, 6) is 1.93. The number of carbonyl (C=O) groups is 2. The highest BCUT2D eigenvalue weighted by atomic mass is 16.5. The SMILES string of the molecule is CCCCCOc1cc(N2CCCN(Cc3ccc(CNC(C)=O)cc3OC)C2=O)ccc1OC. The zero-order valence-electron chi connectivity index (χ0n) is 21.3. The van der Waals surface area contributed by atoms with E-state index in [4.69, 9.17) is 14.2 Å². The van der Waals surface area contributed by atoms with Crippen LogP contribution in [-0.2, 0) is 17.9 Å². The Morgan fingerprint density at radius 2 is 1.80 bits per heavy atom. The summed E-state index contributed by atoms with van der Waals surface area (Å²) >= 11 is 0. The second-order valence-corrected chi connectivity index (χ2v) is 8.66. The van der Waals surface area contributed by atoms with Gasteiger partial charge in [0.15, 0.2) is 11.5 Å². The third-order valence-corrected chi connectivity index (χ3v) is 6.03. The Morgan fingerprint density at radius 3 is 2.51 bits per heavy atom. The normalized spacial score (nSPS) is 13.5. The predicted octanol–water partition coefficient (Wildman–Crippen LogP) is 4.74. The number of nitrogens with zero attached hydrogens (tertiary/aromatic N) is 2. The molecule has 1 N–H and O–H groups in total. The number of carbonyl (C=O) groups excluding carboxylic acids is 2. The highest BCUT2D eigenvalue weighted by molar-refractivity contribution is 5.93. The quantitative estimate of drug-likeness (QED) is 0.441. The number of rotatable bonds is 12. The van der Waals surface area contributed by atoms with Gasteiger partial charge in [0.25, 0.3) is 0 Å². The Kier molecular flexibility index (Phi) is 9.64. The minimum Gasteiger partial charge on any atom is -0.496 e. The maximum absolute atomic E-state index is 13.4. The van der Waals surface area contributed by atoms with Gasteiger partial charge in [0.05, 0.1) is 27.4 Å². The molecule has 190 valence electrons.